The number of nitrogens with zero attached hydrogens (tertiary/aromatic N) is 1. The first kappa shape index (κ1) is 21.5. The molecule has 0 saturated carbocycles. The molecule has 0 saturated heterocycles. The molecular weight excluding hydrogens is 476 g/mol. The van der Waals surface area contributed by atoms with Crippen LogP contribution in [0.5, 0.6) is 5.75 Å². The Kier molecular flexibility index (Phi) is 7.67. The molecule has 0 aliphatic carbocycles. The Morgan fingerprint density at radius 2 is 1.86 bits per heavy atom. The van der Waals surface area contributed by atoms with Crippen molar-refractivity contribution in [3.63, 3.8) is 0 Å². The number of carbonyl (C=O) groups is 2. The maximum atomic E-state index is 12.0. The molecule has 0 bridgehead atoms. The number of carbonyl (C=O) groups excluding carboxylic acids is 2. The van der Waals surface area contributed by atoms with Crippen molar-refractivity contribution in [3.05, 3.63) is 67.6 Å². The van der Waals surface area contributed by atoms with Gasteiger partial charge < -0.3 is 4.74 Å². The van der Waals surface area contributed by atoms with Gasteiger partial charge in [-0.2, -0.15) is 0 Å². The number of rotatable bonds is 5. The standard InChI is InChI=1S/C16H12BrClN4O5S/c17-12-7-10(18)3-6-13(12)27-8-14(23)20-21-16(28)19-15(24)9-1-4-11(5-2-9)22(25)26/h1-7H,8H2,(H,20,23)(H2,19,21,24,28). The number of hydrogen-bond donors (Lipinski definition) is 3. The van der Waals surface area contributed by atoms with Gasteiger partial charge in [0.15, 0.2) is 11.7 Å². The second-order valence-electron chi connectivity index (χ2n) is 5.12. The van der Waals surface area contributed by atoms with Gasteiger partial charge >= 0.3 is 0 Å². The lowest BCUT2D eigenvalue weighted by molar-refractivity contribution is -0.384. The minimum atomic E-state index is -0.594. The van der Waals surface area contributed by atoms with E-state index in [1.54, 1.807) is 18.2 Å². The first-order valence-electron chi connectivity index (χ1n) is 7.48. The molecule has 0 spiro atoms. The molecule has 2 aromatic rings. The molecule has 2 amide bonds. The Morgan fingerprint density at radius 1 is 1.18 bits per heavy atom. The fraction of sp³-hybridized carbons (Fsp3) is 0.0625. The highest BCUT2D eigenvalue weighted by Crippen LogP contribution is 2.27. The van der Waals surface area contributed by atoms with E-state index >= 15 is 0 Å². The summed E-state index contributed by atoms with van der Waals surface area (Å²) in [5.74, 6) is -0.717. The molecule has 9 nitrogen and oxygen atoms in total. The Bertz CT molecular complexity index is 926. The zero-order chi connectivity index (χ0) is 20.7. The number of halogens is 2. The van der Waals surface area contributed by atoms with Crippen LogP contribution in [0.15, 0.2) is 46.9 Å². The van der Waals surface area contributed by atoms with Crippen molar-refractivity contribution in [2.45, 2.75) is 0 Å². The fourth-order valence-electron chi connectivity index (χ4n) is 1.84. The number of hydrazine groups is 1. The number of amides is 2. The molecule has 0 unspecified atom stereocenters. The van der Waals surface area contributed by atoms with Crippen molar-refractivity contribution < 1.29 is 19.2 Å². The lowest BCUT2D eigenvalue weighted by Gasteiger charge is -2.12. The van der Waals surface area contributed by atoms with Gasteiger partial charge in [0.2, 0.25) is 0 Å². The van der Waals surface area contributed by atoms with Crippen molar-refractivity contribution in [2.24, 2.45) is 0 Å². The van der Waals surface area contributed by atoms with Crippen molar-refractivity contribution in [2.75, 3.05) is 6.61 Å². The largest absolute Gasteiger partial charge is 0.483 e. The van der Waals surface area contributed by atoms with Crippen LogP contribution in [-0.2, 0) is 4.79 Å². The van der Waals surface area contributed by atoms with E-state index in [1.165, 1.54) is 24.3 Å². The van der Waals surface area contributed by atoms with Crippen LogP contribution in [0.25, 0.3) is 0 Å². The maximum Gasteiger partial charge on any atom is 0.276 e. The minimum absolute atomic E-state index is 0.142. The normalized spacial score (nSPS) is 9.93. The van der Waals surface area contributed by atoms with Gasteiger partial charge in [-0.05, 0) is 58.5 Å². The quantitative estimate of drug-likeness (QED) is 0.337. The van der Waals surface area contributed by atoms with Crippen molar-refractivity contribution in [3.8, 4) is 5.75 Å². The van der Waals surface area contributed by atoms with Crippen molar-refractivity contribution in [1.29, 1.82) is 0 Å². The summed E-state index contributed by atoms with van der Waals surface area (Å²) >= 11 is 14.0. The molecule has 0 aliphatic rings. The molecule has 3 N–H and O–H groups in total. The second-order valence-corrected chi connectivity index (χ2v) is 6.82. The smallest absolute Gasteiger partial charge is 0.276 e. The van der Waals surface area contributed by atoms with Gasteiger partial charge in [-0.25, -0.2) is 0 Å². The number of nitro groups is 1. The van der Waals surface area contributed by atoms with Gasteiger partial charge in [0, 0.05) is 22.7 Å². The molecule has 2 aromatic carbocycles. The highest BCUT2D eigenvalue weighted by Gasteiger charge is 2.12. The third-order valence-corrected chi connectivity index (χ3v) is 4.19. The van der Waals surface area contributed by atoms with Gasteiger partial charge in [0.1, 0.15) is 5.75 Å². The third-order valence-electron chi connectivity index (χ3n) is 3.14. The van der Waals surface area contributed by atoms with Crippen LogP contribution in [0.1, 0.15) is 10.4 Å². The molecular formula is C16H12BrClN4O5S. The van der Waals surface area contributed by atoms with Gasteiger partial charge in [-0.1, -0.05) is 11.6 Å². The van der Waals surface area contributed by atoms with Crippen LogP contribution in [0, 0.1) is 10.1 Å². The van der Waals surface area contributed by atoms with Crippen molar-refractivity contribution >= 4 is 62.4 Å². The SMILES string of the molecule is O=C(COc1ccc(Cl)cc1Br)NNC(=S)NC(=O)c1ccc([N+](=O)[O-])cc1. The highest BCUT2D eigenvalue weighted by atomic mass is 79.9. The molecule has 0 fully saturated rings. The lowest BCUT2D eigenvalue weighted by atomic mass is 10.2. The summed E-state index contributed by atoms with van der Waals surface area (Å²) in [5, 5.41) is 13.3. The second kappa shape index (κ2) is 9.97. The third kappa shape index (κ3) is 6.44. The Hall–Kier alpha value is -2.76. The van der Waals surface area contributed by atoms with E-state index < -0.39 is 16.7 Å². The summed E-state index contributed by atoms with van der Waals surface area (Å²) < 4.78 is 5.91. The topological polar surface area (TPSA) is 123 Å². The number of nitro benzene ring substituents is 1. The summed E-state index contributed by atoms with van der Waals surface area (Å²) in [6.45, 7) is -0.313. The number of benzene rings is 2. The van der Waals surface area contributed by atoms with Gasteiger partial charge in [0.05, 0.1) is 9.40 Å². The summed E-state index contributed by atoms with van der Waals surface area (Å²) in [6, 6.07) is 9.79. The van der Waals surface area contributed by atoms with E-state index in [4.69, 9.17) is 28.6 Å². The summed E-state index contributed by atoms with van der Waals surface area (Å²) in [6.07, 6.45) is 0. The van der Waals surface area contributed by atoms with E-state index in [1.807, 2.05) is 0 Å². The number of nitrogens with one attached hydrogen (secondary N) is 3. The summed E-state index contributed by atoms with van der Waals surface area (Å²) in [4.78, 5) is 33.8. The van der Waals surface area contributed by atoms with Crippen LogP contribution in [-0.4, -0.2) is 28.5 Å². The number of ether oxygens (including phenoxy) is 1. The van der Waals surface area contributed by atoms with E-state index in [0.717, 1.165) is 0 Å². The van der Waals surface area contributed by atoms with Crippen LogP contribution in [0.3, 0.4) is 0 Å². The zero-order valence-electron chi connectivity index (χ0n) is 13.9. The molecule has 146 valence electrons. The average molecular weight is 488 g/mol. The first-order chi connectivity index (χ1) is 13.3. The van der Waals surface area contributed by atoms with Crippen LogP contribution < -0.4 is 20.9 Å². The Balaban J connectivity index is 1.77. The zero-order valence-corrected chi connectivity index (χ0v) is 17.1. The Morgan fingerprint density at radius 3 is 2.46 bits per heavy atom. The van der Waals surface area contributed by atoms with E-state index in [2.05, 4.69) is 32.1 Å². The fourth-order valence-corrected chi connectivity index (χ4v) is 2.78. The van der Waals surface area contributed by atoms with Gasteiger partial charge in [0.25, 0.3) is 17.5 Å². The summed E-state index contributed by atoms with van der Waals surface area (Å²) in [5.41, 5.74) is 4.64. The predicted octanol–water partition coefficient (Wildman–Crippen LogP) is 2.73. The molecule has 0 radical (unpaired) electrons. The molecule has 28 heavy (non-hydrogen) atoms. The lowest BCUT2D eigenvalue weighted by Crippen LogP contribution is -2.49. The molecule has 0 atom stereocenters. The summed E-state index contributed by atoms with van der Waals surface area (Å²) in [7, 11) is 0. The van der Waals surface area contributed by atoms with Gasteiger partial charge in [-0.3, -0.25) is 35.9 Å². The van der Waals surface area contributed by atoms with Gasteiger partial charge in [-0.15, -0.1) is 0 Å². The van der Waals surface area contributed by atoms with Crippen LogP contribution in [0.4, 0.5) is 5.69 Å². The van der Waals surface area contributed by atoms with Crippen molar-refractivity contribution in [1.82, 2.24) is 16.2 Å². The van der Waals surface area contributed by atoms with Crippen LogP contribution >= 0.6 is 39.7 Å². The maximum absolute atomic E-state index is 12.0. The molecule has 0 aromatic heterocycles. The Labute approximate surface area is 177 Å². The monoisotopic (exact) mass is 486 g/mol. The number of hydrogen-bond acceptors (Lipinski definition) is 6. The first-order valence-corrected chi connectivity index (χ1v) is 9.06. The molecule has 2 rings (SSSR count). The van der Waals surface area contributed by atoms with E-state index in [0.29, 0.717) is 15.2 Å². The van der Waals surface area contributed by atoms with Crippen LogP contribution in [0.2, 0.25) is 5.02 Å². The van der Waals surface area contributed by atoms with E-state index in [9.17, 15) is 19.7 Å². The molecule has 12 heteroatoms. The predicted molar refractivity (Wildman–Crippen MR) is 109 cm³/mol. The molecule has 0 heterocycles. The average Bonchev–Trinajstić information content (AvgIpc) is 2.65. The van der Waals surface area contributed by atoms with E-state index in [-0.39, 0.29) is 23.0 Å². The highest BCUT2D eigenvalue weighted by molar-refractivity contribution is 9.10. The number of non-ortho nitro benzene ring substituents is 1. The molecule has 0 aliphatic heterocycles. The number of thiocarbonyl (C=S) groups is 1. The minimum Gasteiger partial charge on any atom is -0.483 e.